The van der Waals surface area contributed by atoms with Gasteiger partial charge in [-0.25, -0.2) is 4.79 Å². The predicted molar refractivity (Wildman–Crippen MR) is 109 cm³/mol. The summed E-state index contributed by atoms with van der Waals surface area (Å²) in [5, 5.41) is 10.3. The monoisotopic (exact) mass is 442 g/mol. The van der Waals surface area contributed by atoms with Gasteiger partial charge < -0.3 is 9.47 Å². The van der Waals surface area contributed by atoms with Crippen LogP contribution in [0.2, 0.25) is 0 Å². The zero-order valence-electron chi connectivity index (χ0n) is 16.0. The molecule has 1 heterocycles. The molecule has 3 rings (SSSR count). The number of nitrogens with zero attached hydrogens (tertiary/aromatic N) is 2. The Bertz CT molecular complexity index is 1130. The highest BCUT2D eigenvalue weighted by Gasteiger charge is 2.36. The molecule has 0 aliphatic carbocycles. The normalized spacial score (nSPS) is 14.6. The summed E-state index contributed by atoms with van der Waals surface area (Å²) >= 11 is 0.669. The second-order valence-electron chi connectivity index (χ2n) is 6.11. The van der Waals surface area contributed by atoms with Crippen molar-refractivity contribution in [2.24, 2.45) is 0 Å². The third-order valence-corrected chi connectivity index (χ3v) is 4.95. The van der Waals surface area contributed by atoms with E-state index in [1.807, 2.05) is 0 Å². The predicted octanol–water partition coefficient (Wildman–Crippen LogP) is 3.02. The largest absolute Gasteiger partial charge is 0.468 e. The number of nitro benzene ring substituents is 1. The van der Waals surface area contributed by atoms with Gasteiger partial charge in [0, 0.05) is 12.1 Å². The number of imide groups is 1. The highest BCUT2D eigenvalue weighted by atomic mass is 32.2. The van der Waals surface area contributed by atoms with Crippen LogP contribution in [0.15, 0.2) is 53.4 Å². The van der Waals surface area contributed by atoms with Crippen LogP contribution in [0.3, 0.4) is 0 Å². The van der Waals surface area contributed by atoms with Gasteiger partial charge in [-0.3, -0.25) is 29.4 Å². The Morgan fingerprint density at radius 1 is 1.16 bits per heavy atom. The Morgan fingerprint density at radius 3 is 2.61 bits per heavy atom. The van der Waals surface area contributed by atoms with Crippen LogP contribution in [0.1, 0.15) is 15.9 Å². The van der Waals surface area contributed by atoms with Crippen molar-refractivity contribution < 1.29 is 33.6 Å². The van der Waals surface area contributed by atoms with Crippen molar-refractivity contribution in [2.75, 3.05) is 13.7 Å². The molecular formula is C20H14N2O8S. The van der Waals surface area contributed by atoms with Gasteiger partial charge in [-0.1, -0.05) is 18.2 Å². The number of nitro groups is 1. The molecule has 1 aliphatic heterocycles. The fraction of sp³-hybridized carbons (Fsp3) is 0.100. The molecule has 2 amide bonds. The number of non-ortho nitro benzene ring substituents is 1. The van der Waals surface area contributed by atoms with Crippen LogP contribution in [0, 0.1) is 10.1 Å². The summed E-state index contributed by atoms with van der Waals surface area (Å²) in [6, 6.07) is 11.3. The van der Waals surface area contributed by atoms with E-state index in [4.69, 9.17) is 4.74 Å². The van der Waals surface area contributed by atoms with Crippen molar-refractivity contribution >= 4 is 46.6 Å². The van der Waals surface area contributed by atoms with Crippen LogP contribution in [0.4, 0.5) is 10.5 Å². The fourth-order valence-electron chi connectivity index (χ4n) is 2.56. The topological polar surface area (TPSA) is 133 Å². The number of benzene rings is 2. The maximum Gasteiger partial charge on any atom is 0.343 e. The maximum absolute atomic E-state index is 12.4. The van der Waals surface area contributed by atoms with Crippen molar-refractivity contribution in [1.82, 2.24) is 4.90 Å². The molecule has 0 spiro atoms. The van der Waals surface area contributed by atoms with Gasteiger partial charge in [-0.2, -0.15) is 0 Å². The number of esters is 2. The Kier molecular flexibility index (Phi) is 6.46. The molecule has 1 saturated heterocycles. The van der Waals surface area contributed by atoms with Crippen molar-refractivity contribution in [3.05, 3.63) is 74.7 Å². The highest BCUT2D eigenvalue weighted by Crippen LogP contribution is 2.32. The number of hydrogen-bond donors (Lipinski definition) is 0. The average molecular weight is 442 g/mol. The summed E-state index contributed by atoms with van der Waals surface area (Å²) in [6.45, 7) is -0.487. The highest BCUT2D eigenvalue weighted by molar-refractivity contribution is 8.18. The Morgan fingerprint density at radius 2 is 1.90 bits per heavy atom. The summed E-state index contributed by atoms with van der Waals surface area (Å²) in [7, 11) is 1.15. The number of ether oxygens (including phenoxy) is 2. The molecule has 0 bridgehead atoms. The average Bonchev–Trinajstić information content (AvgIpc) is 3.01. The standard InChI is InChI=1S/C20H14N2O8S/c1-29-17(23)11-21-18(24)16(31-20(21)26)9-12-4-2-7-15(8-12)30-19(25)13-5-3-6-14(10-13)22(27)28/h2-10H,11H2,1H3/b16-9-. The van der Waals surface area contributed by atoms with Crippen LogP contribution in [0.5, 0.6) is 5.75 Å². The summed E-state index contributed by atoms with van der Waals surface area (Å²) in [6.07, 6.45) is 1.42. The second-order valence-corrected chi connectivity index (χ2v) is 7.11. The van der Waals surface area contributed by atoms with Crippen molar-refractivity contribution in [1.29, 1.82) is 0 Å². The smallest absolute Gasteiger partial charge is 0.343 e. The molecule has 2 aromatic carbocycles. The summed E-state index contributed by atoms with van der Waals surface area (Å²) in [4.78, 5) is 59.1. The van der Waals surface area contributed by atoms with E-state index in [0.717, 1.165) is 18.1 Å². The van der Waals surface area contributed by atoms with Crippen molar-refractivity contribution in [3.8, 4) is 5.75 Å². The number of amides is 2. The van der Waals surface area contributed by atoms with E-state index < -0.39 is 34.6 Å². The number of methoxy groups -OCH3 is 1. The number of thioether (sulfide) groups is 1. The molecule has 11 heteroatoms. The summed E-state index contributed by atoms with van der Waals surface area (Å²) in [5.41, 5.74) is 0.224. The number of hydrogen-bond acceptors (Lipinski definition) is 9. The molecule has 2 aromatic rings. The summed E-state index contributed by atoms with van der Waals surface area (Å²) in [5.74, 6) is -2.02. The lowest BCUT2D eigenvalue weighted by Gasteiger charge is -2.09. The van der Waals surface area contributed by atoms with Gasteiger partial charge in [-0.05, 0) is 41.6 Å². The van der Waals surface area contributed by atoms with Crippen LogP contribution in [-0.2, 0) is 14.3 Å². The Balaban J connectivity index is 1.76. The molecule has 0 N–H and O–H groups in total. The maximum atomic E-state index is 12.4. The van der Waals surface area contributed by atoms with E-state index in [0.29, 0.717) is 17.3 Å². The van der Waals surface area contributed by atoms with Crippen LogP contribution < -0.4 is 4.74 Å². The molecular weight excluding hydrogens is 428 g/mol. The molecule has 10 nitrogen and oxygen atoms in total. The number of carbonyl (C=O) groups excluding carboxylic acids is 4. The molecule has 0 radical (unpaired) electrons. The molecule has 31 heavy (non-hydrogen) atoms. The Labute approximate surface area is 179 Å². The lowest BCUT2D eigenvalue weighted by molar-refractivity contribution is -0.384. The first-order valence-electron chi connectivity index (χ1n) is 8.67. The lowest BCUT2D eigenvalue weighted by atomic mass is 10.2. The van der Waals surface area contributed by atoms with Crippen LogP contribution in [0.25, 0.3) is 6.08 Å². The van der Waals surface area contributed by atoms with Crippen molar-refractivity contribution in [3.63, 3.8) is 0 Å². The van der Waals surface area contributed by atoms with E-state index in [2.05, 4.69) is 4.74 Å². The molecule has 0 saturated carbocycles. The molecule has 158 valence electrons. The fourth-order valence-corrected chi connectivity index (χ4v) is 3.40. The molecule has 0 unspecified atom stereocenters. The lowest BCUT2D eigenvalue weighted by Crippen LogP contribution is -2.34. The molecule has 0 atom stereocenters. The van der Waals surface area contributed by atoms with E-state index in [-0.39, 0.29) is 21.9 Å². The van der Waals surface area contributed by atoms with Gasteiger partial charge in [-0.15, -0.1) is 0 Å². The van der Waals surface area contributed by atoms with Crippen molar-refractivity contribution in [2.45, 2.75) is 0 Å². The minimum Gasteiger partial charge on any atom is -0.468 e. The zero-order valence-corrected chi connectivity index (χ0v) is 16.8. The second kappa shape index (κ2) is 9.22. The van der Waals surface area contributed by atoms with Gasteiger partial charge in [0.05, 0.1) is 22.5 Å². The first-order chi connectivity index (χ1) is 14.8. The van der Waals surface area contributed by atoms with Gasteiger partial charge in [0.15, 0.2) is 0 Å². The van der Waals surface area contributed by atoms with E-state index in [9.17, 15) is 29.3 Å². The van der Waals surface area contributed by atoms with Crippen LogP contribution >= 0.6 is 11.8 Å². The van der Waals surface area contributed by atoms with Gasteiger partial charge in [0.25, 0.3) is 16.8 Å². The number of carbonyl (C=O) groups is 4. The minimum atomic E-state index is -0.792. The van der Waals surface area contributed by atoms with E-state index in [1.165, 1.54) is 36.4 Å². The third kappa shape index (κ3) is 5.14. The quantitative estimate of drug-likeness (QED) is 0.218. The molecule has 1 aliphatic rings. The summed E-state index contributed by atoms with van der Waals surface area (Å²) < 4.78 is 9.73. The number of rotatable bonds is 6. The minimum absolute atomic E-state index is 0.00327. The first kappa shape index (κ1) is 21.7. The van der Waals surface area contributed by atoms with Gasteiger partial charge in [0.1, 0.15) is 12.3 Å². The Hall–Kier alpha value is -3.99. The van der Waals surface area contributed by atoms with E-state index >= 15 is 0 Å². The SMILES string of the molecule is COC(=O)CN1C(=O)S/C(=C\c2cccc(OC(=O)c3cccc([N+](=O)[O-])c3)c2)C1=O. The van der Waals surface area contributed by atoms with Gasteiger partial charge >= 0.3 is 11.9 Å². The third-order valence-electron chi connectivity index (χ3n) is 4.05. The molecule has 1 fully saturated rings. The first-order valence-corrected chi connectivity index (χ1v) is 9.49. The molecule has 0 aromatic heterocycles. The van der Waals surface area contributed by atoms with Crippen LogP contribution in [-0.4, -0.2) is 46.6 Å². The van der Waals surface area contributed by atoms with E-state index in [1.54, 1.807) is 12.1 Å². The van der Waals surface area contributed by atoms with Gasteiger partial charge in [0.2, 0.25) is 0 Å². The zero-order chi connectivity index (χ0) is 22.5.